The number of para-hydroxylation sites is 3. The Morgan fingerprint density at radius 3 is 3.00 bits per heavy atom. The number of carbonyl (C=O) groups is 1. The van der Waals surface area contributed by atoms with Gasteiger partial charge in [-0.05, 0) is 37.1 Å². The van der Waals surface area contributed by atoms with Gasteiger partial charge in [0.25, 0.3) is 11.9 Å². The molecule has 0 radical (unpaired) electrons. The first kappa shape index (κ1) is 17.6. The van der Waals surface area contributed by atoms with E-state index in [1.807, 2.05) is 42.5 Å². The Balaban J connectivity index is 1.30. The monoisotopic (exact) mass is 391 g/mol. The van der Waals surface area contributed by atoms with Gasteiger partial charge in [0.15, 0.2) is 22.7 Å². The van der Waals surface area contributed by atoms with Crippen molar-refractivity contribution in [3.63, 3.8) is 0 Å². The highest BCUT2D eigenvalue weighted by atomic mass is 16.5. The third-order valence-corrected chi connectivity index (χ3v) is 5.36. The SMILES string of the molecule is COc1cccc2cc(C(=O)NCC3CCCN3c3nc4ccccc4o3)oc12. The number of oxazole rings is 1. The van der Waals surface area contributed by atoms with E-state index in [1.165, 1.54) is 0 Å². The maximum absolute atomic E-state index is 12.7. The number of methoxy groups -OCH3 is 1. The summed E-state index contributed by atoms with van der Waals surface area (Å²) in [5.74, 6) is 0.642. The van der Waals surface area contributed by atoms with Crippen LogP contribution in [0.1, 0.15) is 23.4 Å². The molecule has 1 saturated heterocycles. The maximum Gasteiger partial charge on any atom is 0.298 e. The van der Waals surface area contributed by atoms with Crippen LogP contribution < -0.4 is 15.0 Å². The van der Waals surface area contributed by atoms with Crippen LogP contribution in [0.5, 0.6) is 5.75 Å². The van der Waals surface area contributed by atoms with Gasteiger partial charge in [-0.3, -0.25) is 4.79 Å². The first-order chi connectivity index (χ1) is 14.2. The van der Waals surface area contributed by atoms with Gasteiger partial charge < -0.3 is 23.8 Å². The quantitative estimate of drug-likeness (QED) is 0.554. The molecule has 0 saturated carbocycles. The first-order valence-electron chi connectivity index (χ1n) is 9.70. The van der Waals surface area contributed by atoms with E-state index in [-0.39, 0.29) is 17.7 Å². The largest absolute Gasteiger partial charge is 0.493 e. The molecule has 1 aliphatic rings. The number of nitrogens with one attached hydrogen (secondary N) is 1. The summed E-state index contributed by atoms with van der Waals surface area (Å²) >= 11 is 0. The van der Waals surface area contributed by atoms with Gasteiger partial charge in [0.1, 0.15) is 5.52 Å². The molecular weight excluding hydrogens is 370 g/mol. The molecule has 3 heterocycles. The summed E-state index contributed by atoms with van der Waals surface area (Å²) < 4.78 is 16.9. The first-order valence-corrected chi connectivity index (χ1v) is 9.70. The van der Waals surface area contributed by atoms with Crippen molar-refractivity contribution < 1.29 is 18.4 Å². The molecule has 1 amide bonds. The number of hydrogen-bond donors (Lipinski definition) is 1. The zero-order valence-electron chi connectivity index (χ0n) is 16.1. The average molecular weight is 391 g/mol. The van der Waals surface area contributed by atoms with Crippen LogP contribution in [0.2, 0.25) is 0 Å². The molecule has 148 valence electrons. The van der Waals surface area contributed by atoms with E-state index in [2.05, 4.69) is 15.2 Å². The highest BCUT2D eigenvalue weighted by Crippen LogP contribution is 2.29. The fourth-order valence-corrected chi connectivity index (χ4v) is 3.89. The van der Waals surface area contributed by atoms with Crippen molar-refractivity contribution in [3.05, 3.63) is 54.3 Å². The van der Waals surface area contributed by atoms with Crippen molar-refractivity contribution >= 4 is 34.0 Å². The molecule has 2 aromatic heterocycles. The van der Waals surface area contributed by atoms with Gasteiger partial charge in [-0.1, -0.05) is 24.3 Å². The van der Waals surface area contributed by atoms with Gasteiger partial charge in [0.2, 0.25) is 0 Å². The number of ether oxygens (including phenoxy) is 1. The Morgan fingerprint density at radius 1 is 1.24 bits per heavy atom. The van der Waals surface area contributed by atoms with Crippen molar-refractivity contribution in [1.29, 1.82) is 0 Å². The molecule has 0 bridgehead atoms. The van der Waals surface area contributed by atoms with Crippen LogP contribution in [-0.2, 0) is 0 Å². The van der Waals surface area contributed by atoms with E-state index in [0.717, 1.165) is 35.9 Å². The Bertz CT molecular complexity index is 1150. The highest BCUT2D eigenvalue weighted by Gasteiger charge is 2.29. The van der Waals surface area contributed by atoms with Crippen molar-refractivity contribution in [1.82, 2.24) is 10.3 Å². The Hall–Kier alpha value is -3.48. The van der Waals surface area contributed by atoms with E-state index < -0.39 is 0 Å². The minimum atomic E-state index is -0.243. The number of amides is 1. The van der Waals surface area contributed by atoms with Crippen LogP contribution in [0.25, 0.3) is 22.1 Å². The number of hydrogen-bond acceptors (Lipinski definition) is 6. The van der Waals surface area contributed by atoms with Crippen molar-refractivity contribution in [2.45, 2.75) is 18.9 Å². The number of aromatic nitrogens is 1. The summed E-state index contributed by atoms with van der Waals surface area (Å²) in [5.41, 5.74) is 2.19. The molecule has 1 unspecified atom stereocenters. The number of nitrogens with zero attached hydrogens (tertiary/aromatic N) is 2. The van der Waals surface area contributed by atoms with Crippen LogP contribution in [-0.4, -0.2) is 37.1 Å². The second kappa shape index (κ2) is 7.16. The number of furan rings is 1. The predicted molar refractivity (Wildman–Crippen MR) is 109 cm³/mol. The lowest BCUT2D eigenvalue weighted by atomic mass is 10.2. The Kier molecular flexibility index (Phi) is 4.35. The second-order valence-electron chi connectivity index (χ2n) is 7.15. The molecule has 1 atom stereocenters. The maximum atomic E-state index is 12.7. The van der Waals surface area contributed by atoms with Gasteiger partial charge in [-0.15, -0.1) is 0 Å². The highest BCUT2D eigenvalue weighted by molar-refractivity contribution is 5.97. The van der Waals surface area contributed by atoms with E-state index in [4.69, 9.17) is 13.6 Å². The van der Waals surface area contributed by atoms with Crippen molar-refractivity contribution in [3.8, 4) is 5.75 Å². The number of carbonyl (C=O) groups excluding carboxylic acids is 1. The van der Waals surface area contributed by atoms with Gasteiger partial charge in [-0.2, -0.15) is 4.98 Å². The lowest BCUT2D eigenvalue weighted by molar-refractivity contribution is 0.0925. The van der Waals surface area contributed by atoms with Crippen LogP contribution in [0, 0.1) is 0 Å². The van der Waals surface area contributed by atoms with Crippen LogP contribution >= 0.6 is 0 Å². The topological polar surface area (TPSA) is 80.7 Å². The zero-order valence-corrected chi connectivity index (χ0v) is 16.1. The minimum Gasteiger partial charge on any atom is -0.493 e. The molecule has 7 nitrogen and oxygen atoms in total. The smallest absolute Gasteiger partial charge is 0.298 e. The fraction of sp³-hybridized carbons (Fsp3) is 0.273. The summed E-state index contributed by atoms with van der Waals surface area (Å²) in [6.07, 6.45) is 1.99. The molecule has 5 rings (SSSR count). The van der Waals surface area contributed by atoms with Crippen LogP contribution in [0.4, 0.5) is 6.01 Å². The summed E-state index contributed by atoms with van der Waals surface area (Å²) in [6, 6.07) is 15.8. The van der Waals surface area contributed by atoms with Gasteiger partial charge >= 0.3 is 0 Å². The molecule has 0 spiro atoms. The molecule has 1 aliphatic heterocycles. The summed E-state index contributed by atoms with van der Waals surface area (Å²) in [6.45, 7) is 1.35. The van der Waals surface area contributed by atoms with E-state index in [9.17, 15) is 4.79 Å². The minimum absolute atomic E-state index is 0.130. The lowest BCUT2D eigenvalue weighted by Gasteiger charge is -2.22. The molecule has 7 heteroatoms. The second-order valence-corrected chi connectivity index (χ2v) is 7.15. The van der Waals surface area contributed by atoms with E-state index in [0.29, 0.717) is 23.9 Å². The molecule has 29 heavy (non-hydrogen) atoms. The average Bonchev–Trinajstić information content (AvgIpc) is 3.48. The van der Waals surface area contributed by atoms with Gasteiger partial charge in [0, 0.05) is 18.5 Å². The summed E-state index contributed by atoms with van der Waals surface area (Å²) in [4.78, 5) is 19.4. The van der Waals surface area contributed by atoms with Gasteiger partial charge in [0.05, 0.1) is 13.2 Å². The normalized spacial score (nSPS) is 16.6. The number of benzene rings is 2. The van der Waals surface area contributed by atoms with Crippen molar-refractivity contribution in [2.75, 3.05) is 25.1 Å². The lowest BCUT2D eigenvalue weighted by Crippen LogP contribution is -2.40. The number of fused-ring (bicyclic) bond motifs is 2. The Morgan fingerprint density at radius 2 is 2.14 bits per heavy atom. The summed E-state index contributed by atoms with van der Waals surface area (Å²) in [5, 5.41) is 3.82. The Labute approximate surface area is 167 Å². The number of anilines is 1. The van der Waals surface area contributed by atoms with Gasteiger partial charge in [-0.25, -0.2) is 0 Å². The molecule has 2 aromatic carbocycles. The van der Waals surface area contributed by atoms with E-state index >= 15 is 0 Å². The zero-order chi connectivity index (χ0) is 19.8. The molecule has 1 N–H and O–H groups in total. The fourth-order valence-electron chi connectivity index (χ4n) is 3.89. The predicted octanol–water partition coefficient (Wildman–Crippen LogP) is 3.98. The van der Waals surface area contributed by atoms with E-state index in [1.54, 1.807) is 13.2 Å². The van der Waals surface area contributed by atoms with Crippen LogP contribution in [0.3, 0.4) is 0 Å². The third kappa shape index (κ3) is 3.18. The third-order valence-electron chi connectivity index (χ3n) is 5.36. The van der Waals surface area contributed by atoms with Crippen LogP contribution in [0.15, 0.2) is 57.4 Å². The molecular formula is C22H21N3O4. The number of rotatable bonds is 5. The molecule has 1 fully saturated rings. The van der Waals surface area contributed by atoms with Crippen molar-refractivity contribution in [2.24, 2.45) is 0 Å². The standard InChI is InChI=1S/C22H21N3O4/c1-27-18-10-4-6-14-12-19(28-20(14)18)21(26)23-13-15-7-5-11-25(15)22-24-16-8-2-3-9-17(16)29-22/h2-4,6,8-10,12,15H,5,7,11,13H2,1H3,(H,23,26). The molecule has 0 aliphatic carbocycles. The molecule has 4 aromatic rings. The summed E-state index contributed by atoms with van der Waals surface area (Å²) in [7, 11) is 1.58.